The molecule has 0 N–H and O–H groups in total. The van der Waals surface area contributed by atoms with Gasteiger partial charge in [0.1, 0.15) is 0 Å². The van der Waals surface area contributed by atoms with Crippen molar-refractivity contribution in [3.05, 3.63) is 12.3 Å². The fourth-order valence-corrected chi connectivity index (χ4v) is 4.49. The van der Waals surface area contributed by atoms with E-state index in [1.165, 1.54) is 70.6 Å². The van der Waals surface area contributed by atoms with E-state index in [2.05, 4.69) is 19.9 Å². The first-order chi connectivity index (χ1) is 10.3. The molecule has 2 atom stereocenters. The number of allylic oxidation sites excluding steroid dienone is 1. The zero-order valence-electron chi connectivity index (χ0n) is 14.4. The summed E-state index contributed by atoms with van der Waals surface area (Å²) in [5.74, 6) is 2.99. The molecule has 2 saturated carbocycles. The summed E-state index contributed by atoms with van der Waals surface area (Å²) in [6, 6.07) is 0. The Bertz CT molecular complexity index is 288. The van der Waals surface area contributed by atoms with Gasteiger partial charge in [0.25, 0.3) is 0 Å². The van der Waals surface area contributed by atoms with Crippen LogP contribution < -0.4 is 0 Å². The van der Waals surface area contributed by atoms with Crippen molar-refractivity contribution >= 4 is 0 Å². The first kappa shape index (κ1) is 16.9. The Balaban J connectivity index is 1.71. The Hall–Kier alpha value is -0.460. The van der Waals surface area contributed by atoms with E-state index in [1.807, 2.05) is 6.26 Å². The molecule has 0 aliphatic heterocycles. The van der Waals surface area contributed by atoms with Gasteiger partial charge in [-0.15, -0.1) is 0 Å². The highest BCUT2D eigenvalue weighted by Crippen LogP contribution is 2.41. The standard InChI is InChI=1S/C20H36O/c1-3-5-6-15-21-20-10-7-9-19(16-20)18-13-11-17(8-4-2)12-14-18/h6,15,17-20H,3-5,7-14,16H2,1-2H3/b15-6+/t17?,18?,19-,20-/m1/s1. The second-order valence-electron chi connectivity index (χ2n) is 7.41. The van der Waals surface area contributed by atoms with Gasteiger partial charge in [0.15, 0.2) is 0 Å². The first-order valence-electron chi connectivity index (χ1n) is 9.63. The lowest BCUT2D eigenvalue weighted by Crippen LogP contribution is -2.29. The highest BCUT2D eigenvalue weighted by Gasteiger charge is 2.31. The molecule has 0 aromatic heterocycles. The van der Waals surface area contributed by atoms with Crippen molar-refractivity contribution in [2.45, 2.75) is 97.0 Å². The average molecular weight is 293 g/mol. The van der Waals surface area contributed by atoms with E-state index in [0.29, 0.717) is 6.10 Å². The molecule has 2 rings (SSSR count). The molecule has 0 unspecified atom stereocenters. The van der Waals surface area contributed by atoms with E-state index < -0.39 is 0 Å². The van der Waals surface area contributed by atoms with Gasteiger partial charge in [0, 0.05) is 0 Å². The smallest absolute Gasteiger partial charge is 0.0981 e. The minimum Gasteiger partial charge on any atom is -0.498 e. The van der Waals surface area contributed by atoms with E-state index in [9.17, 15) is 0 Å². The van der Waals surface area contributed by atoms with Gasteiger partial charge in [-0.25, -0.2) is 0 Å². The van der Waals surface area contributed by atoms with Crippen molar-refractivity contribution < 1.29 is 4.74 Å². The van der Waals surface area contributed by atoms with Crippen molar-refractivity contribution in [2.75, 3.05) is 0 Å². The third-order valence-electron chi connectivity index (χ3n) is 5.74. The molecule has 2 aliphatic rings. The Morgan fingerprint density at radius 2 is 1.71 bits per heavy atom. The first-order valence-corrected chi connectivity index (χ1v) is 9.63. The van der Waals surface area contributed by atoms with Crippen LogP contribution in [0.4, 0.5) is 0 Å². The van der Waals surface area contributed by atoms with Crippen LogP contribution >= 0.6 is 0 Å². The van der Waals surface area contributed by atoms with Gasteiger partial charge in [0.05, 0.1) is 12.4 Å². The monoisotopic (exact) mass is 292 g/mol. The second-order valence-corrected chi connectivity index (χ2v) is 7.41. The van der Waals surface area contributed by atoms with Crippen molar-refractivity contribution in [1.82, 2.24) is 0 Å². The predicted molar refractivity (Wildman–Crippen MR) is 91.2 cm³/mol. The Morgan fingerprint density at radius 3 is 2.43 bits per heavy atom. The fraction of sp³-hybridized carbons (Fsp3) is 0.900. The van der Waals surface area contributed by atoms with Crippen LogP contribution in [0.15, 0.2) is 12.3 Å². The summed E-state index contributed by atoms with van der Waals surface area (Å²) in [6.07, 6.45) is 21.3. The van der Waals surface area contributed by atoms with Crippen LogP contribution in [0.3, 0.4) is 0 Å². The Labute approximate surface area is 132 Å². The van der Waals surface area contributed by atoms with E-state index in [0.717, 1.165) is 24.2 Å². The lowest BCUT2D eigenvalue weighted by Gasteiger charge is -2.38. The SMILES string of the molecule is CCC/C=C/O[C@@H]1CCC[C@@H](C2CCC(CCC)CC2)C1. The molecule has 0 saturated heterocycles. The molecule has 1 heteroatoms. The Morgan fingerprint density at radius 1 is 0.905 bits per heavy atom. The molecule has 0 aromatic carbocycles. The van der Waals surface area contributed by atoms with Crippen molar-refractivity contribution in [2.24, 2.45) is 17.8 Å². The molecule has 0 bridgehead atoms. The van der Waals surface area contributed by atoms with E-state index in [4.69, 9.17) is 4.74 Å². The van der Waals surface area contributed by atoms with Gasteiger partial charge < -0.3 is 4.74 Å². The zero-order chi connectivity index (χ0) is 14.9. The third kappa shape index (κ3) is 5.68. The molecular weight excluding hydrogens is 256 g/mol. The highest BCUT2D eigenvalue weighted by molar-refractivity contribution is 4.84. The van der Waals surface area contributed by atoms with Gasteiger partial charge in [-0.3, -0.25) is 0 Å². The lowest BCUT2D eigenvalue weighted by atomic mass is 9.70. The molecule has 21 heavy (non-hydrogen) atoms. The molecule has 2 aliphatic carbocycles. The number of rotatable bonds is 7. The summed E-state index contributed by atoms with van der Waals surface area (Å²) in [4.78, 5) is 0. The summed E-state index contributed by atoms with van der Waals surface area (Å²) in [5.41, 5.74) is 0. The third-order valence-corrected chi connectivity index (χ3v) is 5.74. The maximum Gasteiger partial charge on any atom is 0.0981 e. The number of hydrogen-bond donors (Lipinski definition) is 0. The summed E-state index contributed by atoms with van der Waals surface area (Å²) in [5, 5.41) is 0. The molecule has 2 fully saturated rings. The minimum absolute atomic E-state index is 0.505. The zero-order valence-corrected chi connectivity index (χ0v) is 14.4. The molecule has 0 aromatic rings. The van der Waals surface area contributed by atoms with Gasteiger partial charge in [0.2, 0.25) is 0 Å². The van der Waals surface area contributed by atoms with Crippen molar-refractivity contribution in [1.29, 1.82) is 0 Å². The quantitative estimate of drug-likeness (QED) is 0.488. The van der Waals surface area contributed by atoms with Crippen LogP contribution in [0.1, 0.15) is 90.9 Å². The normalized spacial score (nSPS) is 34.2. The molecule has 0 spiro atoms. The Kier molecular flexibility index (Phi) is 7.68. The number of unbranched alkanes of at least 4 members (excludes halogenated alkanes) is 1. The lowest BCUT2D eigenvalue weighted by molar-refractivity contribution is 0.0511. The van der Waals surface area contributed by atoms with Gasteiger partial charge in [-0.05, 0) is 68.8 Å². The maximum atomic E-state index is 5.99. The van der Waals surface area contributed by atoms with E-state index in [1.54, 1.807) is 0 Å². The molecule has 0 radical (unpaired) electrons. The molecule has 122 valence electrons. The summed E-state index contributed by atoms with van der Waals surface area (Å²) in [6.45, 7) is 4.55. The largest absolute Gasteiger partial charge is 0.498 e. The minimum atomic E-state index is 0.505. The van der Waals surface area contributed by atoms with E-state index >= 15 is 0 Å². The second kappa shape index (κ2) is 9.54. The number of ether oxygens (including phenoxy) is 1. The molecule has 1 nitrogen and oxygen atoms in total. The van der Waals surface area contributed by atoms with Crippen LogP contribution in [0.5, 0.6) is 0 Å². The molecule has 0 amide bonds. The molecule has 0 heterocycles. The maximum absolute atomic E-state index is 5.99. The van der Waals surface area contributed by atoms with Gasteiger partial charge >= 0.3 is 0 Å². The molecular formula is C20H36O. The van der Waals surface area contributed by atoms with Gasteiger partial charge in [-0.1, -0.05) is 46.0 Å². The van der Waals surface area contributed by atoms with Crippen molar-refractivity contribution in [3.63, 3.8) is 0 Å². The van der Waals surface area contributed by atoms with Crippen LogP contribution in [-0.4, -0.2) is 6.10 Å². The van der Waals surface area contributed by atoms with Gasteiger partial charge in [-0.2, -0.15) is 0 Å². The van der Waals surface area contributed by atoms with Crippen LogP contribution in [0.25, 0.3) is 0 Å². The van der Waals surface area contributed by atoms with E-state index in [-0.39, 0.29) is 0 Å². The average Bonchev–Trinajstić information content (AvgIpc) is 2.53. The summed E-state index contributed by atoms with van der Waals surface area (Å²) >= 11 is 0. The van der Waals surface area contributed by atoms with Crippen LogP contribution in [0, 0.1) is 17.8 Å². The predicted octanol–water partition coefficient (Wildman–Crippen LogP) is 6.48. The van der Waals surface area contributed by atoms with Crippen molar-refractivity contribution in [3.8, 4) is 0 Å². The van der Waals surface area contributed by atoms with Crippen LogP contribution in [0.2, 0.25) is 0 Å². The summed E-state index contributed by atoms with van der Waals surface area (Å²) < 4.78 is 5.99. The number of hydrogen-bond acceptors (Lipinski definition) is 1. The highest BCUT2D eigenvalue weighted by atomic mass is 16.5. The summed E-state index contributed by atoms with van der Waals surface area (Å²) in [7, 11) is 0. The fourth-order valence-electron chi connectivity index (χ4n) is 4.49. The van der Waals surface area contributed by atoms with Crippen LogP contribution in [-0.2, 0) is 4.74 Å². The topological polar surface area (TPSA) is 9.23 Å².